The lowest BCUT2D eigenvalue weighted by Gasteiger charge is -1.97. The minimum absolute atomic E-state index is 0.338. The van der Waals surface area contributed by atoms with Crippen molar-refractivity contribution in [3.05, 3.63) is 11.0 Å². The SMILES string of the molecule is N#CC(=C=[N-])CCCCCCC=[NH2+]. The Balaban J connectivity index is 3.31. The van der Waals surface area contributed by atoms with Crippen LogP contribution in [0.5, 0.6) is 0 Å². The normalized spacial score (nSPS) is 8.54. The Morgan fingerprint density at radius 3 is 2.54 bits per heavy atom. The van der Waals surface area contributed by atoms with Crippen LogP contribution in [0.15, 0.2) is 5.57 Å². The van der Waals surface area contributed by atoms with E-state index in [-0.39, 0.29) is 0 Å². The Kier molecular flexibility index (Phi) is 7.77. The monoisotopic (exact) mass is 177 g/mol. The summed E-state index contributed by atoms with van der Waals surface area (Å²) in [5.74, 6) is 1.88. The van der Waals surface area contributed by atoms with Crippen molar-refractivity contribution >= 4 is 12.1 Å². The smallest absolute Gasteiger partial charge is 0.136 e. The van der Waals surface area contributed by atoms with E-state index >= 15 is 0 Å². The third-order valence-corrected chi connectivity index (χ3v) is 1.82. The maximum Gasteiger partial charge on any atom is 0.136 e. The summed E-state index contributed by atoms with van der Waals surface area (Å²) in [6, 6.07) is 1.88. The molecule has 0 saturated heterocycles. The lowest BCUT2D eigenvalue weighted by Crippen LogP contribution is -2.29. The van der Waals surface area contributed by atoms with Crippen molar-refractivity contribution in [2.45, 2.75) is 38.5 Å². The first-order valence-electron chi connectivity index (χ1n) is 4.54. The van der Waals surface area contributed by atoms with Crippen molar-refractivity contribution in [3.63, 3.8) is 0 Å². The molecule has 0 aliphatic carbocycles. The van der Waals surface area contributed by atoms with Crippen LogP contribution in [0.1, 0.15) is 38.5 Å². The van der Waals surface area contributed by atoms with Crippen LogP contribution in [0.2, 0.25) is 0 Å². The Hall–Kier alpha value is -1.39. The zero-order valence-corrected chi connectivity index (χ0v) is 7.79. The minimum Gasteiger partial charge on any atom is -0.762 e. The number of allylic oxidation sites excluding steroid dienone is 1. The topological polar surface area (TPSA) is 71.7 Å². The van der Waals surface area contributed by atoms with Crippen LogP contribution in [0.4, 0.5) is 0 Å². The molecule has 0 aromatic carbocycles. The van der Waals surface area contributed by atoms with Gasteiger partial charge < -0.3 is 5.41 Å². The van der Waals surface area contributed by atoms with E-state index in [1.807, 2.05) is 11.9 Å². The number of hydrogen-bond donors (Lipinski definition) is 1. The van der Waals surface area contributed by atoms with Gasteiger partial charge in [-0.05, 0) is 19.3 Å². The standard InChI is InChI=1S/C10H14N3/c11-7-5-3-1-2-4-6-10(8-12)9-13/h7,11H,1-6H2/q-1/p+1. The first kappa shape index (κ1) is 11.6. The molecular formula is C10H15N3. The summed E-state index contributed by atoms with van der Waals surface area (Å²) in [5.41, 5.74) is 0.338. The number of hydrogen-bond acceptors (Lipinski definition) is 1. The van der Waals surface area contributed by atoms with Gasteiger partial charge in [0.15, 0.2) is 0 Å². The number of nitrogens with two attached hydrogens (primary N) is 1. The van der Waals surface area contributed by atoms with Crippen molar-refractivity contribution < 1.29 is 5.41 Å². The molecular weight excluding hydrogens is 162 g/mol. The maximum atomic E-state index is 8.44. The summed E-state index contributed by atoms with van der Waals surface area (Å²) in [7, 11) is 0. The van der Waals surface area contributed by atoms with Crippen LogP contribution in [0.3, 0.4) is 0 Å². The molecule has 0 rings (SSSR count). The van der Waals surface area contributed by atoms with Crippen LogP contribution in [0.25, 0.3) is 5.41 Å². The Morgan fingerprint density at radius 2 is 2.00 bits per heavy atom. The van der Waals surface area contributed by atoms with Gasteiger partial charge in [-0.25, -0.2) is 0 Å². The zero-order chi connectivity index (χ0) is 9.94. The van der Waals surface area contributed by atoms with Gasteiger partial charge in [-0.2, -0.15) is 5.26 Å². The second-order valence-corrected chi connectivity index (χ2v) is 2.89. The van der Waals surface area contributed by atoms with Crippen LogP contribution in [-0.2, 0) is 0 Å². The van der Waals surface area contributed by atoms with Crippen molar-refractivity contribution in [2.75, 3.05) is 0 Å². The van der Waals surface area contributed by atoms with E-state index in [2.05, 4.69) is 0 Å². The van der Waals surface area contributed by atoms with Crippen molar-refractivity contribution in [1.29, 1.82) is 5.26 Å². The van der Waals surface area contributed by atoms with Gasteiger partial charge in [0.1, 0.15) is 12.3 Å². The van der Waals surface area contributed by atoms with Crippen molar-refractivity contribution in [2.24, 2.45) is 0 Å². The molecule has 3 heteroatoms. The molecule has 0 fully saturated rings. The van der Waals surface area contributed by atoms with E-state index in [0.717, 1.165) is 32.1 Å². The fourth-order valence-electron chi connectivity index (χ4n) is 1.05. The molecule has 0 heterocycles. The van der Waals surface area contributed by atoms with Crippen molar-refractivity contribution in [3.8, 4) is 6.07 Å². The first-order valence-corrected chi connectivity index (χ1v) is 4.54. The third kappa shape index (κ3) is 6.99. The summed E-state index contributed by atoms with van der Waals surface area (Å²) in [6.45, 7) is 0. The molecule has 0 aliphatic heterocycles. The van der Waals surface area contributed by atoms with E-state index < -0.39 is 0 Å². The molecule has 0 saturated carbocycles. The second kappa shape index (κ2) is 8.70. The fraction of sp³-hybridized carbons (Fsp3) is 0.600. The number of nitriles is 1. The molecule has 0 unspecified atom stereocenters. The fourth-order valence-corrected chi connectivity index (χ4v) is 1.05. The van der Waals surface area contributed by atoms with Crippen LogP contribution in [-0.4, -0.2) is 12.1 Å². The lowest BCUT2D eigenvalue weighted by atomic mass is 10.1. The summed E-state index contributed by atoms with van der Waals surface area (Å²) in [6.07, 6.45) is 7.47. The van der Waals surface area contributed by atoms with Crippen LogP contribution < -0.4 is 5.41 Å². The molecule has 3 nitrogen and oxygen atoms in total. The first-order chi connectivity index (χ1) is 6.35. The largest absolute Gasteiger partial charge is 0.762 e. The molecule has 70 valence electrons. The highest BCUT2D eigenvalue weighted by Gasteiger charge is 1.93. The van der Waals surface area contributed by atoms with E-state index in [1.165, 1.54) is 0 Å². The molecule has 0 radical (unpaired) electrons. The van der Waals surface area contributed by atoms with Gasteiger partial charge in [0, 0.05) is 12.0 Å². The Labute approximate surface area is 79.1 Å². The number of unbranched alkanes of at least 4 members (excludes halogenated alkanes) is 4. The molecule has 13 heavy (non-hydrogen) atoms. The van der Waals surface area contributed by atoms with Gasteiger partial charge in [-0.1, -0.05) is 12.8 Å². The van der Waals surface area contributed by atoms with Crippen LogP contribution in [0, 0.1) is 11.3 Å². The summed E-state index contributed by atoms with van der Waals surface area (Å²) < 4.78 is 0. The van der Waals surface area contributed by atoms with E-state index in [0.29, 0.717) is 12.0 Å². The molecule has 0 aromatic rings. The minimum atomic E-state index is 0.338. The maximum absolute atomic E-state index is 8.44. The Bertz CT molecular complexity index is 231. The second-order valence-electron chi connectivity index (χ2n) is 2.89. The van der Waals surface area contributed by atoms with Gasteiger partial charge in [0.2, 0.25) is 0 Å². The molecule has 0 bridgehead atoms. The Morgan fingerprint density at radius 1 is 1.31 bits per heavy atom. The van der Waals surface area contributed by atoms with Gasteiger partial charge in [-0.15, -0.1) is 0 Å². The van der Waals surface area contributed by atoms with Gasteiger partial charge in [0.25, 0.3) is 0 Å². The molecule has 2 N–H and O–H groups in total. The van der Waals surface area contributed by atoms with E-state index in [4.69, 9.17) is 16.1 Å². The number of nitrogens with zero attached hydrogens (tertiary/aromatic N) is 2. The predicted molar refractivity (Wildman–Crippen MR) is 53.2 cm³/mol. The summed E-state index contributed by atoms with van der Waals surface area (Å²) >= 11 is 0. The highest BCUT2D eigenvalue weighted by Crippen LogP contribution is 2.07. The highest BCUT2D eigenvalue weighted by atomic mass is 14.3. The summed E-state index contributed by atoms with van der Waals surface area (Å²) in [4.78, 5) is 0. The van der Waals surface area contributed by atoms with E-state index in [9.17, 15) is 0 Å². The molecule has 0 aliphatic rings. The lowest BCUT2D eigenvalue weighted by molar-refractivity contribution is -0.107. The average Bonchev–Trinajstić information content (AvgIpc) is 2.17. The molecule has 0 aromatic heterocycles. The number of rotatable bonds is 7. The van der Waals surface area contributed by atoms with Crippen molar-refractivity contribution in [1.82, 2.24) is 0 Å². The molecule has 0 spiro atoms. The van der Waals surface area contributed by atoms with Crippen LogP contribution >= 0.6 is 0 Å². The zero-order valence-electron chi connectivity index (χ0n) is 7.79. The highest BCUT2D eigenvalue weighted by molar-refractivity contribution is 5.65. The molecule has 0 atom stereocenters. The quantitative estimate of drug-likeness (QED) is 0.349. The molecule has 0 amide bonds. The van der Waals surface area contributed by atoms with Gasteiger partial charge >= 0.3 is 0 Å². The third-order valence-electron chi connectivity index (χ3n) is 1.82. The predicted octanol–water partition coefficient (Wildman–Crippen LogP) is 0.846. The van der Waals surface area contributed by atoms with Gasteiger partial charge in [-0.3, -0.25) is 11.3 Å². The average molecular weight is 177 g/mol. The van der Waals surface area contributed by atoms with E-state index in [1.54, 1.807) is 6.21 Å². The van der Waals surface area contributed by atoms with Gasteiger partial charge in [0.05, 0.1) is 0 Å². The summed E-state index contributed by atoms with van der Waals surface area (Å²) in [5, 5.41) is 22.1.